The molecule has 0 fully saturated rings. The Kier molecular flexibility index (Phi) is 5.44. The summed E-state index contributed by atoms with van der Waals surface area (Å²) in [5.41, 5.74) is 1.33. The van der Waals surface area contributed by atoms with E-state index in [1.165, 1.54) is 5.57 Å². The van der Waals surface area contributed by atoms with E-state index in [0.717, 1.165) is 12.7 Å². The second-order valence-corrected chi connectivity index (χ2v) is 3.02. The van der Waals surface area contributed by atoms with E-state index in [1.807, 2.05) is 6.08 Å². The van der Waals surface area contributed by atoms with Crippen LogP contribution in [0.25, 0.3) is 0 Å². The molecule has 0 rings (SSSR count). The first kappa shape index (κ1) is 10.2. The van der Waals surface area contributed by atoms with Crippen molar-refractivity contribution in [3.63, 3.8) is 0 Å². The molecule has 1 nitrogen and oxygen atoms in total. The molecule has 0 aromatic carbocycles. The molecule has 1 unspecified atom stereocenters. The highest BCUT2D eigenvalue weighted by Crippen LogP contribution is 2.06. The summed E-state index contributed by atoms with van der Waals surface area (Å²) in [6, 6.07) is 0. The second-order valence-electron chi connectivity index (χ2n) is 3.02. The summed E-state index contributed by atoms with van der Waals surface area (Å²) in [5.74, 6) is 0.468. The minimum atomic E-state index is 0.468. The molecule has 0 spiro atoms. The molecule has 0 aliphatic carbocycles. The van der Waals surface area contributed by atoms with Crippen LogP contribution in [0.2, 0.25) is 0 Å². The van der Waals surface area contributed by atoms with Crippen molar-refractivity contribution in [3.05, 3.63) is 23.8 Å². The lowest BCUT2D eigenvalue weighted by Crippen LogP contribution is -1.86. The zero-order valence-electron chi connectivity index (χ0n) is 7.50. The van der Waals surface area contributed by atoms with Crippen molar-refractivity contribution in [2.45, 2.75) is 27.2 Å². The highest BCUT2D eigenvalue weighted by Gasteiger charge is 1.91. The third-order valence-corrected chi connectivity index (χ3v) is 1.42. The van der Waals surface area contributed by atoms with Crippen LogP contribution in [0.1, 0.15) is 27.2 Å². The number of allylic oxidation sites excluding steroid dienone is 4. The zero-order chi connectivity index (χ0) is 8.69. The van der Waals surface area contributed by atoms with Crippen molar-refractivity contribution >= 4 is 6.29 Å². The molecular formula is C10H16O. The number of carbonyl (C=O) groups is 1. The molecular weight excluding hydrogens is 136 g/mol. The fraction of sp³-hybridized carbons (Fsp3) is 0.500. The van der Waals surface area contributed by atoms with Gasteiger partial charge in [-0.1, -0.05) is 24.6 Å². The molecule has 11 heavy (non-hydrogen) atoms. The Bertz CT molecular complexity index is 162. The summed E-state index contributed by atoms with van der Waals surface area (Å²) in [6.45, 7) is 6.26. The van der Waals surface area contributed by atoms with Crippen molar-refractivity contribution in [2.75, 3.05) is 0 Å². The van der Waals surface area contributed by atoms with Crippen LogP contribution in [0.4, 0.5) is 0 Å². The number of hydrogen-bond donors (Lipinski definition) is 0. The van der Waals surface area contributed by atoms with E-state index >= 15 is 0 Å². The molecule has 0 radical (unpaired) electrons. The largest absolute Gasteiger partial charge is 0.299 e. The molecule has 0 aromatic rings. The van der Waals surface area contributed by atoms with E-state index in [9.17, 15) is 4.79 Å². The average Bonchev–Trinajstić information content (AvgIpc) is 1.97. The summed E-state index contributed by atoms with van der Waals surface area (Å²) in [4.78, 5) is 9.95. The fourth-order valence-corrected chi connectivity index (χ4v) is 0.735. The van der Waals surface area contributed by atoms with Crippen LogP contribution < -0.4 is 0 Å². The van der Waals surface area contributed by atoms with Gasteiger partial charge in [0.1, 0.15) is 6.29 Å². The van der Waals surface area contributed by atoms with Crippen LogP contribution >= 0.6 is 0 Å². The van der Waals surface area contributed by atoms with Gasteiger partial charge in [-0.3, -0.25) is 4.79 Å². The van der Waals surface area contributed by atoms with Crippen molar-refractivity contribution in [3.8, 4) is 0 Å². The summed E-state index contributed by atoms with van der Waals surface area (Å²) in [6.07, 6.45) is 7.50. The molecule has 0 N–H and O–H groups in total. The van der Waals surface area contributed by atoms with Gasteiger partial charge < -0.3 is 0 Å². The van der Waals surface area contributed by atoms with Gasteiger partial charge in [0, 0.05) is 0 Å². The molecule has 1 heteroatoms. The van der Waals surface area contributed by atoms with E-state index in [4.69, 9.17) is 0 Å². The Morgan fingerprint density at radius 2 is 2.09 bits per heavy atom. The molecule has 0 aromatic heterocycles. The molecule has 0 bridgehead atoms. The minimum absolute atomic E-state index is 0.468. The van der Waals surface area contributed by atoms with E-state index < -0.39 is 0 Å². The predicted molar refractivity (Wildman–Crippen MR) is 48.4 cm³/mol. The van der Waals surface area contributed by atoms with Crippen LogP contribution in [0.5, 0.6) is 0 Å². The maximum atomic E-state index is 9.95. The minimum Gasteiger partial charge on any atom is -0.299 e. The molecule has 0 saturated heterocycles. The average molecular weight is 152 g/mol. The number of hydrogen-bond acceptors (Lipinski definition) is 1. The molecule has 0 saturated carbocycles. The first-order valence-corrected chi connectivity index (χ1v) is 3.92. The van der Waals surface area contributed by atoms with Crippen LogP contribution in [-0.2, 0) is 4.79 Å². The van der Waals surface area contributed by atoms with E-state index in [-0.39, 0.29) is 0 Å². The quantitative estimate of drug-likeness (QED) is 0.344. The normalized spacial score (nSPS) is 13.0. The Morgan fingerprint density at radius 1 is 1.45 bits per heavy atom. The van der Waals surface area contributed by atoms with Crippen LogP contribution in [0.3, 0.4) is 0 Å². The van der Waals surface area contributed by atoms with E-state index in [2.05, 4.69) is 26.8 Å². The number of carbonyl (C=O) groups excluding carboxylic acids is 1. The Morgan fingerprint density at radius 3 is 2.55 bits per heavy atom. The van der Waals surface area contributed by atoms with E-state index in [0.29, 0.717) is 5.92 Å². The summed E-state index contributed by atoms with van der Waals surface area (Å²) >= 11 is 0. The molecule has 0 heterocycles. The lowest BCUT2D eigenvalue weighted by atomic mass is 10.1. The lowest BCUT2D eigenvalue weighted by Gasteiger charge is -1.99. The molecule has 0 aliphatic rings. The maximum absolute atomic E-state index is 9.95. The van der Waals surface area contributed by atoms with Gasteiger partial charge in [0.2, 0.25) is 0 Å². The first-order valence-electron chi connectivity index (χ1n) is 3.92. The Hall–Kier alpha value is -0.850. The summed E-state index contributed by atoms with van der Waals surface area (Å²) in [7, 11) is 0. The van der Waals surface area contributed by atoms with Gasteiger partial charge in [0.15, 0.2) is 0 Å². The van der Waals surface area contributed by atoms with Crippen molar-refractivity contribution in [2.24, 2.45) is 5.92 Å². The SMILES string of the molecule is CC(C)=CCC(C)C=CC=O. The third kappa shape index (κ3) is 7.04. The predicted octanol–water partition coefficient (Wildman–Crippen LogP) is 2.73. The van der Waals surface area contributed by atoms with Gasteiger partial charge in [-0.05, 0) is 32.3 Å². The smallest absolute Gasteiger partial charge is 0.142 e. The Labute approximate surface area is 68.8 Å². The van der Waals surface area contributed by atoms with Gasteiger partial charge >= 0.3 is 0 Å². The lowest BCUT2D eigenvalue weighted by molar-refractivity contribution is -0.104. The van der Waals surface area contributed by atoms with Gasteiger partial charge in [0.05, 0.1) is 0 Å². The molecule has 1 atom stereocenters. The fourth-order valence-electron chi connectivity index (χ4n) is 0.735. The van der Waals surface area contributed by atoms with Crippen LogP contribution in [0, 0.1) is 5.92 Å². The molecule has 0 aliphatic heterocycles. The third-order valence-electron chi connectivity index (χ3n) is 1.42. The summed E-state index contributed by atoms with van der Waals surface area (Å²) < 4.78 is 0. The topological polar surface area (TPSA) is 17.1 Å². The highest BCUT2D eigenvalue weighted by molar-refractivity contribution is 5.64. The second kappa shape index (κ2) is 5.90. The van der Waals surface area contributed by atoms with Crippen LogP contribution in [0.15, 0.2) is 23.8 Å². The molecule has 0 amide bonds. The van der Waals surface area contributed by atoms with Gasteiger partial charge in [0.25, 0.3) is 0 Å². The highest BCUT2D eigenvalue weighted by atomic mass is 16.1. The van der Waals surface area contributed by atoms with Gasteiger partial charge in [-0.2, -0.15) is 0 Å². The standard InChI is InChI=1S/C10H16O/c1-9(2)6-7-10(3)5-4-8-11/h4-6,8,10H,7H2,1-3H3. The van der Waals surface area contributed by atoms with Crippen LogP contribution in [-0.4, -0.2) is 6.29 Å². The van der Waals surface area contributed by atoms with Crippen molar-refractivity contribution in [1.82, 2.24) is 0 Å². The van der Waals surface area contributed by atoms with Crippen molar-refractivity contribution in [1.29, 1.82) is 0 Å². The monoisotopic (exact) mass is 152 g/mol. The first-order chi connectivity index (χ1) is 5.16. The maximum Gasteiger partial charge on any atom is 0.142 e. The van der Waals surface area contributed by atoms with Gasteiger partial charge in [-0.15, -0.1) is 0 Å². The summed E-state index contributed by atoms with van der Waals surface area (Å²) in [5, 5.41) is 0. The number of rotatable bonds is 4. The van der Waals surface area contributed by atoms with Crippen molar-refractivity contribution < 1.29 is 4.79 Å². The zero-order valence-corrected chi connectivity index (χ0v) is 7.50. The number of aldehydes is 1. The van der Waals surface area contributed by atoms with E-state index in [1.54, 1.807) is 6.08 Å². The Balaban J connectivity index is 3.69. The molecule has 62 valence electrons. The van der Waals surface area contributed by atoms with Gasteiger partial charge in [-0.25, -0.2) is 0 Å².